The topological polar surface area (TPSA) is 49.4 Å². The van der Waals surface area contributed by atoms with Gasteiger partial charge in [-0.05, 0) is 36.6 Å². The van der Waals surface area contributed by atoms with Crippen molar-refractivity contribution in [2.45, 2.75) is 30.7 Å². The van der Waals surface area contributed by atoms with Gasteiger partial charge in [-0.15, -0.1) is 11.8 Å². The van der Waals surface area contributed by atoms with Crippen molar-refractivity contribution in [1.82, 2.24) is 4.90 Å². The van der Waals surface area contributed by atoms with Crippen LogP contribution in [0.3, 0.4) is 0 Å². The summed E-state index contributed by atoms with van der Waals surface area (Å²) in [6.07, 6.45) is 1.37. The minimum absolute atomic E-state index is 0.0899. The summed E-state index contributed by atoms with van der Waals surface area (Å²) in [5.41, 5.74) is 3.01. The fraction of sp³-hybridized carbons (Fsp3) is 0.300. The summed E-state index contributed by atoms with van der Waals surface area (Å²) in [6.45, 7) is 2.06. The highest BCUT2D eigenvalue weighted by molar-refractivity contribution is 8.01. The second-order valence-electron chi connectivity index (χ2n) is 6.70. The number of benzene rings is 2. The first kappa shape index (κ1) is 16.2. The lowest BCUT2D eigenvalue weighted by molar-refractivity contribution is -0.135. The molecule has 1 N–H and O–H groups in total. The maximum Gasteiger partial charge on any atom is 0.248 e. The number of thioether (sulfide) groups is 1. The number of fused-ring (bicyclic) bond motifs is 1. The molecular formula is C20H20N2O2S. The van der Waals surface area contributed by atoms with E-state index in [1.807, 2.05) is 42.5 Å². The SMILES string of the molecule is C[C@@]12CCC(=O)N1[C@@H](C(=O)Nc1ccc(-c3ccccc3)cc1)CS2. The molecule has 2 aromatic rings. The molecule has 25 heavy (non-hydrogen) atoms. The average Bonchev–Trinajstić information content (AvgIpc) is 3.13. The first-order valence-corrected chi connectivity index (χ1v) is 9.48. The largest absolute Gasteiger partial charge is 0.324 e. The molecule has 2 aliphatic rings. The third kappa shape index (κ3) is 2.93. The zero-order valence-electron chi connectivity index (χ0n) is 14.1. The van der Waals surface area contributed by atoms with Gasteiger partial charge in [-0.2, -0.15) is 0 Å². The molecule has 0 radical (unpaired) electrons. The Balaban J connectivity index is 1.47. The molecule has 4 rings (SSSR count). The molecule has 2 heterocycles. The average molecular weight is 352 g/mol. The van der Waals surface area contributed by atoms with Gasteiger partial charge in [0, 0.05) is 17.9 Å². The summed E-state index contributed by atoms with van der Waals surface area (Å²) >= 11 is 1.71. The second-order valence-corrected chi connectivity index (χ2v) is 8.20. The molecule has 0 bridgehead atoms. The highest BCUT2D eigenvalue weighted by atomic mass is 32.2. The Hall–Kier alpha value is -2.27. The van der Waals surface area contributed by atoms with Gasteiger partial charge in [-0.25, -0.2) is 0 Å². The van der Waals surface area contributed by atoms with Crippen molar-refractivity contribution in [1.29, 1.82) is 0 Å². The van der Waals surface area contributed by atoms with Gasteiger partial charge in [0.15, 0.2) is 0 Å². The number of amides is 2. The fourth-order valence-corrected chi connectivity index (χ4v) is 5.05. The first-order valence-electron chi connectivity index (χ1n) is 8.49. The minimum atomic E-state index is -0.376. The number of rotatable bonds is 3. The lowest BCUT2D eigenvalue weighted by Crippen LogP contribution is -2.48. The molecule has 0 saturated carbocycles. The lowest BCUT2D eigenvalue weighted by atomic mass is 10.1. The minimum Gasteiger partial charge on any atom is -0.324 e. The Morgan fingerprint density at radius 1 is 1.12 bits per heavy atom. The van der Waals surface area contributed by atoms with Crippen molar-refractivity contribution in [3.05, 3.63) is 54.6 Å². The monoisotopic (exact) mass is 352 g/mol. The number of carbonyl (C=O) groups is 2. The van der Waals surface area contributed by atoms with Crippen molar-refractivity contribution < 1.29 is 9.59 Å². The van der Waals surface area contributed by atoms with Gasteiger partial charge in [0.1, 0.15) is 6.04 Å². The van der Waals surface area contributed by atoms with E-state index < -0.39 is 0 Å². The Morgan fingerprint density at radius 2 is 1.80 bits per heavy atom. The number of carbonyl (C=O) groups excluding carboxylic acids is 2. The lowest BCUT2D eigenvalue weighted by Gasteiger charge is -2.29. The predicted octanol–water partition coefficient (Wildman–Crippen LogP) is 3.75. The van der Waals surface area contributed by atoms with Crippen molar-refractivity contribution in [3.8, 4) is 11.1 Å². The molecule has 0 aliphatic carbocycles. The second kappa shape index (κ2) is 6.23. The van der Waals surface area contributed by atoms with Crippen LogP contribution < -0.4 is 5.32 Å². The smallest absolute Gasteiger partial charge is 0.248 e. The molecule has 128 valence electrons. The van der Waals surface area contributed by atoms with Crippen LogP contribution in [0.1, 0.15) is 19.8 Å². The van der Waals surface area contributed by atoms with Gasteiger partial charge in [-0.1, -0.05) is 42.5 Å². The molecule has 4 nitrogen and oxygen atoms in total. The summed E-state index contributed by atoms with van der Waals surface area (Å²) in [7, 11) is 0. The van der Waals surface area contributed by atoms with Crippen LogP contribution in [0, 0.1) is 0 Å². The molecule has 2 fully saturated rings. The quantitative estimate of drug-likeness (QED) is 0.915. The molecule has 2 saturated heterocycles. The summed E-state index contributed by atoms with van der Waals surface area (Å²) < 4.78 is 0. The normalized spacial score (nSPS) is 25.1. The Labute approximate surface area is 151 Å². The standard InChI is InChI=1S/C20H20N2O2S/c1-20-12-11-18(23)22(20)17(13-25-20)19(24)21-16-9-7-15(8-10-16)14-5-3-2-4-6-14/h2-10,17H,11-13H2,1H3,(H,21,24)/t17-,20-/m1/s1. The van der Waals surface area contributed by atoms with Crippen LogP contribution in [0.15, 0.2) is 54.6 Å². The molecule has 0 spiro atoms. The molecule has 2 amide bonds. The highest BCUT2D eigenvalue weighted by Gasteiger charge is 2.52. The molecule has 0 unspecified atom stereocenters. The van der Waals surface area contributed by atoms with E-state index in [2.05, 4.69) is 24.4 Å². The summed E-state index contributed by atoms with van der Waals surface area (Å²) in [4.78, 5) is 26.4. The van der Waals surface area contributed by atoms with Crippen LogP contribution in [0.25, 0.3) is 11.1 Å². The van der Waals surface area contributed by atoms with Crippen molar-refractivity contribution in [2.75, 3.05) is 11.1 Å². The zero-order valence-corrected chi connectivity index (χ0v) is 14.9. The summed E-state index contributed by atoms with van der Waals surface area (Å²) in [5.74, 6) is 0.655. The zero-order chi connectivity index (χ0) is 17.4. The number of nitrogens with one attached hydrogen (secondary N) is 1. The van der Waals surface area contributed by atoms with Crippen LogP contribution in [-0.4, -0.2) is 33.4 Å². The Morgan fingerprint density at radius 3 is 2.52 bits per heavy atom. The van der Waals surface area contributed by atoms with E-state index in [-0.39, 0.29) is 22.7 Å². The van der Waals surface area contributed by atoms with E-state index in [0.717, 1.165) is 23.2 Å². The van der Waals surface area contributed by atoms with Gasteiger partial charge >= 0.3 is 0 Å². The molecule has 0 aromatic heterocycles. The van der Waals surface area contributed by atoms with Crippen molar-refractivity contribution in [3.63, 3.8) is 0 Å². The van der Waals surface area contributed by atoms with E-state index >= 15 is 0 Å². The van der Waals surface area contributed by atoms with Gasteiger partial charge in [0.05, 0.1) is 4.87 Å². The predicted molar refractivity (Wildman–Crippen MR) is 101 cm³/mol. The van der Waals surface area contributed by atoms with Gasteiger partial charge < -0.3 is 10.2 Å². The Kier molecular flexibility index (Phi) is 4.04. The van der Waals surface area contributed by atoms with Crippen LogP contribution in [0.4, 0.5) is 5.69 Å². The Bertz CT molecular complexity index is 806. The highest BCUT2D eigenvalue weighted by Crippen LogP contribution is 2.47. The molecule has 5 heteroatoms. The van der Waals surface area contributed by atoms with E-state index in [9.17, 15) is 9.59 Å². The third-order valence-electron chi connectivity index (χ3n) is 5.01. The fourth-order valence-electron chi connectivity index (χ4n) is 3.62. The molecule has 2 atom stereocenters. The van der Waals surface area contributed by atoms with Crippen molar-refractivity contribution in [2.24, 2.45) is 0 Å². The maximum absolute atomic E-state index is 12.7. The van der Waals surface area contributed by atoms with Crippen LogP contribution in [0.5, 0.6) is 0 Å². The van der Waals surface area contributed by atoms with Gasteiger partial charge in [0.25, 0.3) is 0 Å². The van der Waals surface area contributed by atoms with Crippen LogP contribution in [-0.2, 0) is 9.59 Å². The number of hydrogen-bond acceptors (Lipinski definition) is 3. The number of anilines is 1. The summed E-state index contributed by atoms with van der Waals surface area (Å²) in [5, 5.41) is 2.97. The van der Waals surface area contributed by atoms with Crippen molar-refractivity contribution >= 4 is 29.3 Å². The third-order valence-corrected chi connectivity index (χ3v) is 6.51. The van der Waals surface area contributed by atoms with Crippen LogP contribution in [0.2, 0.25) is 0 Å². The maximum atomic E-state index is 12.7. The molecule has 2 aromatic carbocycles. The van der Waals surface area contributed by atoms with Gasteiger partial charge in [-0.3, -0.25) is 9.59 Å². The first-order chi connectivity index (χ1) is 12.1. The summed E-state index contributed by atoms with van der Waals surface area (Å²) in [6, 6.07) is 17.6. The molecule has 2 aliphatic heterocycles. The van der Waals surface area contributed by atoms with Gasteiger partial charge in [0.2, 0.25) is 11.8 Å². The van der Waals surface area contributed by atoms with E-state index in [4.69, 9.17) is 0 Å². The number of nitrogens with zero attached hydrogens (tertiary/aromatic N) is 1. The van der Waals surface area contributed by atoms with E-state index in [1.54, 1.807) is 16.7 Å². The van der Waals surface area contributed by atoms with E-state index in [1.165, 1.54) is 0 Å². The van der Waals surface area contributed by atoms with E-state index in [0.29, 0.717) is 12.2 Å². The molecular weight excluding hydrogens is 332 g/mol. The number of hydrogen-bond donors (Lipinski definition) is 1. The van der Waals surface area contributed by atoms with Crippen LogP contribution >= 0.6 is 11.8 Å².